The topological polar surface area (TPSA) is 41.1 Å². The molecule has 14 heavy (non-hydrogen) atoms. The zero-order valence-electron chi connectivity index (χ0n) is 9.59. The number of carbonyl (C=O) groups is 1. The molecule has 0 saturated heterocycles. The highest BCUT2D eigenvalue weighted by Crippen LogP contribution is 2.08. The molecule has 1 amide bonds. The summed E-state index contributed by atoms with van der Waals surface area (Å²) in [5.41, 5.74) is 0. The van der Waals surface area contributed by atoms with Crippen LogP contribution in [0.25, 0.3) is 0 Å². The molecule has 1 unspecified atom stereocenters. The fourth-order valence-electron chi connectivity index (χ4n) is 0.895. The van der Waals surface area contributed by atoms with E-state index in [0.717, 1.165) is 11.7 Å². The summed E-state index contributed by atoms with van der Waals surface area (Å²) >= 11 is 1.93. The Morgan fingerprint density at radius 3 is 2.43 bits per heavy atom. The van der Waals surface area contributed by atoms with Gasteiger partial charge < -0.3 is 10.6 Å². The predicted octanol–water partition coefficient (Wildman–Crippen LogP) is 1.10. The fraction of sp³-hybridized carbons (Fsp3) is 0.900. The summed E-state index contributed by atoms with van der Waals surface area (Å²) in [6.45, 7) is 6.96. The summed E-state index contributed by atoms with van der Waals surface area (Å²) in [6, 6.07) is 0.399. The van der Waals surface area contributed by atoms with Gasteiger partial charge in [0.1, 0.15) is 0 Å². The minimum Gasteiger partial charge on any atom is -0.358 e. The maximum Gasteiger partial charge on any atom is 0.233 e. The quantitative estimate of drug-likeness (QED) is 0.672. The third-order valence-corrected chi connectivity index (χ3v) is 3.35. The Labute approximate surface area is 91.4 Å². The lowest BCUT2D eigenvalue weighted by atomic mass is 10.3. The van der Waals surface area contributed by atoms with Crippen molar-refractivity contribution in [2.45, 2.75) is 26.8 Å². The number of likely N-dealkylation sites (N-methyl/N-ethyl adjacent to an activating group) is 1. The number of thioether (sulfide) groups is 1. The van der Waals surface area contributed by atoms with E-state index >= 15 is 0 Å². The Kier molecular flexibility index (Phi) is 7.99. The van der Waals surface area contributed by atoms with Crippen LogP contribution in [0.3, 0.4) is 0 Å². The molecule has 0 spiro atoms. The van der Waals surface area contributed by atoms with Crippen LogP contribution in [0.2, 0.25) is 0 Å². The van der Waals surface area contributed by atoms with E-state index in [0.29, 0.717) is 12.6 Å². The first-order valence-corrected chi connectivity index (χ1v) is 6.23. The number of hydrogen-bond donors (Lipinski definition) is 2. The van der Waals surface area contributed by atoms with Crippen LogP contribution in [0, 0.1) is 5.92 Å². The van der Waals surface area contributed by atoms with E-state index in [1.807, 2.05) is 11.8 Å². The average Bonchev–Trinajstić information content (AvgIpc) is 2.13. The van der Waals surface area contributed by atoms with Crippen molar-refractivity contribution in [2.75, 3.05) is 25.1 Å². The highest BCUT2D eigenvalue weighted by molar-refractivity contribution is 7.99. The van der Waals surface area contributed by atoms with Crippen molar-refractivity contribution in [3.8, 4) is 0 Å². The monoisotopic (exact) mass is 218 g/mol. The molecule has 0 bridgehead atoms. The predicted molar refractivity (Wildman–Crippen MR) is 63.7 cm³/mol. The third-order valence-electron chi connectivity index (χ3n) is 1.71. The largest absolute Gasteiger partial charge is 0.358 e. The first-order chi connectivity index (χ1) is 6.56. The number of rotatable bonds is 7. The summed E-state index contributed by atoms with van der Waals surface area (Å²) in [7, 11) is 1.65. The van der Waals surface area contributed by atoms with Crippen molar-refractivity contribution < 1.29 is 4.79 Å². The SMILES string of the molecule is CNC(=O)CNC(C)CSCC(C)C. The van der Waals surface area contributed by atoms with E-state index < -0.39 is 0 Å². The molecular weight excluding hydrogens is 196 g/mol. The molecular formula is C10H22N2OS. The molecule has 0 heterocycles. The Bertz CT molecular complexity index is 162. The Morgan fingerprint density at radius 1 is 1.29 bits per heavy atom. The smallest absolute Gasteiger partial charge is 0.233 e. The van der Waals surface area contributed by atoms with Gasteiger partial charge >= 0.3 is 0 Å². The normalized spacial score (nSPS) is 12.9. The molecule has 3 nitrogen and oxygen atoms in total. The van der Waals surface area contributed by atoms with Crippen molar-refractivity contribution in [2.24, 2.45) is 5.92 Å². The van der Waals surface area contributed by atoms with Crippen LogP contribution in [0.5, 0.6) is 0 Å². The maximum atomic E-state index is 10.9. The average molecular weight is 218 g/mol. The lowest BCUT2D eigenvalue weighted by Crippen LogP contribution is -2.37. The first-order valence-electron chi connectivity index (χ1n) is 5.08. The van der Waals surface area contributed by atoms with Crippen LogP contribution in [0.1, 0.15) is 20.8 Å². The standard InChI is InChI=1S/C10H22N2OS/c1-8(2)6-14-7-9(3)12-5-10(13)11-4/h8-9,12H,5-7H2,1-4H3,(H,11,13). The molecule has 0 rings (SSSR count). The molecule has 0 aliphatic rings. The van der Waals surface area contributed by atoms with Gasteiger partial charge in [-0.2, -0.15) is 11.8 Å². The lowest BCUT2D eigenvalue weighted by Gasteiger charge is -2.13. The second kappa shape index (κ2) is 8.12. The fourth-order valence-corrected chi connectivity index (χ4v) is 1.97. The second-order valence-corrected chi connectivity index (χ2v) is 4.96. The number of nitrogens with one attached hydrogen (secondary N) is 2. The van der Waals surface area contributed by atoms with Crippen molar-refractivity contribution >= 4 is 17.7 Å². The van der Waals surface area contributed by atoms with Crippen LogP contribution >= 0.6 is 11.8 Å². The van der Waals surface area contributed by atoms with Gasteiger partial charge in [-0.1, -0.05) is 13.8 Å². The van der Waals surface area contributed by atoms with Crippen LogP contribution in [-0.2, 0) is 4.79 Å². The summed E-state index contributed by atoms with van der Waals surface area (Å²) < 4.78 is 0. The molecule has 4 heteroatoms. The second-order valence-electron chi connectivity index (χ2n) is 3.89. The summed E-state index contributed by atoms with van der Waals surface area (Å²) in [5.74, 6) is 3.04. The minimum absolute atomic E-state index is 0.0470. The molecule has 0 radical (unpaired) electrons. The van der Waals surface area contributed by atoms with E-state index in [4.69, 9.17) is 0 Å². The van der Waals surface area contributed by atoms with Gasteiger partial charge in [0.25, 0.3) is 0 Å². The summed E-state index contributed by atoms with van der Waals surface area (Å²) in [4.78, 5) is 10.9. The number of hydrogen-bond acceptors (Lipinski definition) is 3. The maximum absolute atomic E-state index is 10.9. The van der Waals surface area contributed by atoms with Gasteiger partial charge in [-0.05, 0) is 18.6 Å². The van der Waals surface area contributed by atoms with E-state index in [9.17, 15) is 4.79 Å². The number of amides is 1. The summed E-state index contributed by atoms with van der Waals surface area (Å²) in [5, 5.41) is 5.76. The zero-order chi connectivity index (χ0) is 11.0. The van der Waals surface area contributed by atoms with Gasteiger partial charge in [0.05, 0.1) is 6.54 Å². The van der Waals surface area contributed by atoms with Gasteiger partial charge in [0.2, 0.25) is 5.91 Å². The molecule has 0 fully saturated rings. The third kappa shape index (κ3) is 8.38. The highest BCUT2D eigenvalue weighted by atomic mass is 32.2. The molecule has 1 atom stereocenters. The van der Waals surface area contributed by atoms with Crippen molar-refractivity contribution in [3.05, 3.63) is 0 Å². The van der Waals surface area contributed by atoms with Crippen molar-refractivity contribution in [3.63, 3.8) is 0 Å². The van der Waals surface area contributed by atoms with Crippen LogP contribution in [0.4, 0.5) is 0 Å². The molecule has 0 aliphatic carbocycles. The molecule has 2 N–H and O–H groups in total. The number of carbonyl (C=O) groups excluding carboxylic acids is 1. The van der Waals surface area contributed by atoms with Crippen molar-refractivity contribution in [1.29, 1.82) is 0 Å². The van der Waals surface area contributed by atoms with E-state index in [1.54, 1.807) is 7.05 Å². The van der Waals surface area contributed by atoms with Gasteiger partial charge in [0.15, 0.2) is 0 Å². The minimum atomic E-state index is 0.0470. The first kappa shape index (κ1) is 13.8. The Morgan fingerprint density at radius 2 is 1.93 bits per heavy atom. The Hall–Kier alpha value is -0.220. The van der Waals surface area contributed by atoms with E-state index in [-0.39, 0.29) is 5.91 Å². The highest BCUT2D eigenvalue weighted by Gasteiger charge is 2.04. The van der Waals surface area contributed by atoms with Crippen LogP contribution in [-0.4, -0.2) is 37.0 Å². The van der Waals surface area contributed by atoms with E-state index in [2.05, 4.69) is 31.4 Å². The van der Waals surface area contributed by atoms with Gasteiger partial charge in [-0.25, -0.2) is 0 Å². The van der Waals surface area contributed by atoms with E-state index in [1.165, 1.54) is 5.75 Å². The molecule has 84 valence electrons. The van der Waals surface area contributed by atoms with Gasteiger partial charge in [0, 0.05) is 18.8 Å². The molecule has 0 aromatic carbocycles. The lowest BCUT2D eigenvalue weighted by molar-refractivity contribution is -0.119. The molecule has 0 aliphatic heterocycles. The molecule has 0 aromatic rings. The van der Waals surface area contributed by atoms with Gasteiger partial charge in [-0.3, -0.25) is 4.79 Å². The summed E-state index contributed by atoms with van der Waals surface area (Å²) in [6.07, 6.45) is 0. The van der Waals surface area contributed by atoms with Crippen LogP contribution in [0.15, 0.2) is 0 Å². The zero-order valence-corrected chi connectivity index (χ0v) is 10.4. The van der Waals surface area contributed by atoms with Gasteiger partial charge in [-0.15, -0.1) is 0 Å². The molecule has 0 saturated carbocycles. The molecule has 0 aromatic heterocycles. The van der Waals surface area contributed by atoms with Crippen LogP contribution < -0.4 is 10.6 Å². The van der Waals surface area contributed by atoms with Crippen molar-refractivity contribution in [1.82, 2.24) is 10.6 Å². The Balaban J connectivity index is 3.36.